The predicted octanol–water partition coefficient (Wildman–Crippen LogP) is 4.87. The van der Waals surface area contributed by atoms with E-state index in [1.54, 1.807) is 35.0 Å². The number of halogens is 3. The first-order chi connectivity index (χ1) is 19.5. The summed E-state index contributed by atoms with van der Waals surface area (Å²) < 4.78 is 54.0. The third kappa shape index (κ3) is 6.44. The smallest absolute Gasteiger partial charge is 0.407 e. The van der Waals surface area contributed by atoms with Gasteiger partial charge >= 0.3 is 12.1 Å². The molecule has 0 spiro atoms. The molecule has 224 valence electrons. The number of alkyl halides is 3. The van der Waals surface area contributed by atoms with Crippen molar-refractivity contribution in [2.24, 2.45) is 5.92 Å². The van der Waals surface area contributed by atoms with Crippen LogP contribution in [0.15, 0.2) is 31.1 Å². The number of amides is 3. The number of imidazole rings is 1. The van der Waals surface area contributed by atoms with Gasteiger partial charge in [0.05, 0.1) is 36.8 Å². The molecule has 3 amide bonds. The molecule has 5 rings (SSSR count). The minimum atomic E-state index is -2.82. The molecule has 3 fully saturated rings. The summed E-state index contributed by atoms with van der Waals surface area (Å²) in [5.74, 6) is -2.97. The van der Waals surface area contributed by atoms with Crippen LogP contribution in [-0.4, -0.2) is 75.6 Å². The number of methoxy groups -OCH3 is 1. The van der Waals surface area contributed by atoms with Crippen LogP contribution in [0.25, 0.3) is 5.65 Å². The molecule has 0 bridgehead atoms. The lowest BCUT2D eigenvalue weighted by Crippen LogP contribution is -2.45. The van der Waals surface area contributed by atoms with Gasteiger partial charge in [-0.15, -0.1) is 6.58 Å². The molecule has 2 aromatic rings. The second kappa shape index (κ2) is 11.5. The maximum atomic E-state index is 15.2. The lowest BCUT2D eigenvalue weighted by atomic mass is 9.75. The minimum Gasteiger partial charge on any atom is -0.446 e. The van der Waals surface area contributed by atoms with Crippen LogP contribution in [0, 0.1) is 5.92 Å². The summed E-state index contributed by atoms with van der Waals surface area (Å²) >= 11 is 0. The third-order valence-corrected chi connectivity index (χ3v) is 8.37. The van der Waals surface area contributed by atoms with E-state index in [1.807, 2.05) is 13.0 Å². The van der Waals surface area contributed by atoms with Crippen LogP contribution in [0.5, 0.6) is 0 Å². The van der Waals surface area contributed by atoms with E-state index >= 15 is 4.39 Å². The van der Waals surface area contributed by atoms with E-state index in [4.69, 9.17) is 14.5 Å². The number of carbonyl (C=O) groups is 2. The highest BCUT2D eigenvalue weighted by molar-refractivity contribution is 5.77. The monoisotopic (exact) mass is 578 g/mol. The molecule has 0 radical (unpaired) electrons. The van der Waals surface area contributed by atoms with E-state index < -0.39 is 42.7 Å². The van der Waals surface area contributed by atoms with Crippen molar-refractivity contribution in [2.45, 2.75) is 87.7 Å². The van der Waals surface area contributed by atoms with Crippen molar-refractivity contribution in [3.8, 4) is 0 Å². The lowest BCUT2D eigenvalue weighted by molar-refractivity contribution is -0.144. The Balaban J connectivity index is 1.39. The van der Waals surface area contributed by atoms with Crippen LogP contribution >= 0.6 is 0 Å². The fraction of sp³-hybridized carbons (Fsp3) is 0.643. The lowest BCUT2D eigenvalue weighted by Gasteiger charge is -2.37. The van der Waals surface area contributed by atoms with Gasteiger partial charge in [0.15, 0.2) is 5.65 Å². The molecule has 1 aliphatic heterocycles. The summed E-state index contributed by atoms with van der Waals surface area (Å²) in [6.07, 6.45) is 4.10. The van der Waals surface area contributed by atoms with E-state index in [2.05, 4.69) is 22.3 Å². The Morgan fingerprint density at radius 3 is 2.66 bits per heavy atom. The van der Waals surface area contributed by atoms with Crippen LogP contribution in [0.2, 0.25) is 0 Å². The summed E-state index contributed by atoms with van der Waals surface area (Å²) in [6.45, 7) is 6.37. The predicted molar refractivity (Wildman–Crippen MR) is 143 cm³/mol. The topological polar surface area (TPSA) is 110 Å². The van der Waals surface area contributed by atoms with Crippen LogP contribution in [0.1, 0.15) is 75.2 Å². The fourth-order valence-corrected chi connectivity index (χ4v) is 6.14. The molecule has 10 nitrogen and oxygen atoms in total. The average molecular weight is 579 g/mol. The number of hydrogen-bond acceptors (Lipinski definition) is 6. The van der Waals surface area contributed by atoms with Crippen LogP contribution in [0.4, 0.5) is 22.8 Å². The van der Waals surface area contributed by atoms with Gasteiger partial charge in [-0.3, -0.25) is 0 Å². The SMILES string of the molecule is C=CCC1(F)CCC([C@H](NC(=O)OC2CC(F)(F)C2)c2cn3ncc([C@@H](COC)N4C[C@@H](C)NC4=O)cc3n2)CC1. The van der Waals surface area contributed by atoms with Gasteiger partial charge in [0.25, 0.3) is 5.92 Å². The van der Waals surface area contributed by atoms with Gasteiger partial charge in [-0.25, -0.2) is 32.3 Å². The Kier molecular flexibility index (Phi) is 8.18. The molecular formula is C28H37F3N6O4. The first kappa shape index (κ1) is 29.2. The number of nitrogens with one attached hydrogen (secondary N) is 2. The van der Waals surface area contributed by atoms with E-state index in [-0.39, 0.29) is 37.1 Å². The second-order valence-electron chi connectivity index (χ2n) is 11.6. The van der Waals surface area contributed by atoms with Crippen molar-refractivity contribution in [1.29, 1.82) is 0 Å². The van der Waals surface area contributed by atoms with E-state index in [1.165, 1.54) is 0 Å². The molecule has 2 aromatic heterocycles. The van der Waals surface area contributed by atoms with E-state index in [9.17, 15) is 18.4 Å². The van der Waals surface area contributed by atoms with Gasteiger partial charge in [-0.05, 0) is 51.0 Å². The Morgan fingerprint density at radius 2 is 2.05 bits per heavy atom. The quantitative estimate of drug-likeness (QED) is 0.390. The molecule has 0 aromatic carbocycles. The molecule has 0 unspecified atom stereocenters. The Morgan fingerprint density at radius 1 is 1.32 bits per heavy atom. The Bertz CT molecular complexity index is 1270. The number of aromatic nitrogens is 3. The van der Waals surface area contributed by atoms with E-state index in [0.717, 1.165) is 5.56 Å². The van der Waals surface area contributed by atoms with Gasteiger partial charge in [0.1, 0.15) is 11.8 Å². The highest BCUT2D eigenvalue weighted by Gasteiger charge is 2.48. The van der Waals surface area contributed by atoms with Crippen LogP contribution in [0.3, 0.4) is 0 Å². The molecule has 2 N–H and O–H groups in total. The molecule has 3 atom stereocenters. The van der Waals surface area contributed by atoms with Gasteiger partial charge < -0.3 is 25.0 Å². The maximum Gasteiger partial charge on any atom is 0.407 e. The van der Waals surface area contributed by atoms with Crippen LogP contribution < -0.4 is 10.6 Å². The largest absolute Gasteiger partial charge is 0.446 e. The number of urea groups is 1. The molecule has 2 aliphatic carbocycles. The van der Waals surface area contributed by atoms with Gasteiger partial charge in [-0.1, -0.05) is 6.08 Å². The van der Waals surface area contributed by atoms with Gasteiger partial charge in [-0.2, -0.15) is 5.10 Å². The summed E-state index contributed by atoms with van der Waals surface area (Å²) in [6, 6.07) is 0.613. The summed E-state index contributed by atoms with van der Waals surface area (Å²) in [5.41, 5.74) is 0.389. The standard InChI is InChI=1S/C28H37F3N6O4/c1-4-7-27(29)8-5-18(6-9-27)24(35-26(39)41-20-11-28(30,31)12-20)21-15-37-23(34-21)10-19(13-32-37)22(16-40-3)36-14-17(2)33-25(36)38/h4,10,13,15,17-18,20,22,24H,1,5-9,11-12,14,16H2,2-3H3,(H,33,38)(H,35,39)/t17-,18?,22-,24+,27?/m1/s1. The molecule has 2 saturated carbocycles. The first-order valence-corrected chi connectivity index (χ1v) is 14.1. The minimum absolute atomic E-state index is 0.000596. The van der Waals surface area contributed by atoms with Crippen molar-refractivity contribution in [2.75, 3.05) is 20.3 Å². The zero-order valence-corrected chi connectivity index (χ0v) is 23.3. The number of nitrogens with zero attached hydrogens (tertiary/aromatic N) is 4. The highest BCUT2D eigenvalue weighted by Crippen LogP contribution is 2.43. The fourth-order valence-electron chi connectivity index (χ4n) is 6.14. The first-order valence-electron chi connectivity index (χ1n) is 14.1. The number of ether oxygens (including phenoxy) is 2. The normalized spacial score (nSPS) is 27.6. The second-order valence-corrected chi connectivity index (χ2v) is 11.6. The average Bonchev–Trinajstić information content (AvgIpc) is 3.47. The van der Waals surface area contributed by atoms with Crippen molar-refractivity contribution < 1.29 is 32.2 Å². The molecular weight excluding hydrogens is 541 g/mol. The zero-order valence-electron chi connectivity index (χ0n) is 23.3. The van der Waals surface area contributed by atoms with Crippen molar-refractivity contribution in [3.63, 3.8) is 0 Å². The van der Waals surface area contributed by atoms with Gasteiger partial charge in [0, 0.05) is 38.1 Å². The van der Waals surface area contributed by atoms with Gasteiger partial charge in [0.2, 0.25) is 0 Å². The highest BCUT2D eigenvalue weighted by atomic mass is 19.3. The molecule has 1 saturated heterocycles. The van der Waals surface area contributed by atoms with Crippen molar-refractivity contribution in [1.82, 2.24) is 30.1 Å². The number of rotatable bonds is 10. The summed E-state index contributed by atoms with van der Waals surface area (Å²) in [5, 5.41) is 10.2. The molecule has 3 aliphatic rings. The Hall–Kier alpha value is -3.35. The summed E-state index contributed by atoms with van der Waals surface area (Å²) in [7, 11) is 1.56. The molecule has 3 heterocycles. The van der Waals surface area contributed by atoms with Crippen molar-refractivity contribution in [3.05, 3.63) is 42.4 Å². The number of allylic oxidation sites excluding steroid dienone is 1. The number of alkyl carbamates (subject to hydrolysis) is 1. The Labute approximate surface area is 236 Å². The number of hydrogen-bond donors (Lipinski definition) is 2. The number of carbonyl (C=O) groups excluding carboxylic acids is 2. The maximum absolute atomic E-state index is 15.2. The summed E-state index contributed by atoms with van der Waals surface area (Å²) in [4.78, 5) is 31.8. The molecule has 41 heavy (non-hydrogen) atoms. The van der Waals surface area contributed by atoms with Crippen LogP contribution in [-0.2, 0) is 9.47 Å². The van der Waals surface area contributed by atoms with E-state index in [0.29, 0.717) is 43.6 Å². The van der Waals surface area contributed by atoms with Crippen molar-refractivity contribution >= 4 is 17.8 Å². The zero-order chi connectivity index (χ0) is 29.4. The molecule has 13 heteroatoms. The third-order valence-electron chi connectivity index (χ3n) is 8.37. The number of fused-ring (bicyclic) bond motifs is 1.